The Morgan fingerprint density at radius 3 is 2.24 bits per heavy atom. The van der Waals surface area contributed by atoms with Crippen LogP contribution in [0.5, 0.6) is 0 Å². The quantitative estimate of drug-likeness (QED) is 0.788. The minimum Gasteiger partial charge on any atom is -0.399 e. The highest BCUT2D eigenvalue weighted by molar-refractivity contribution is 5.39. The van der Waals surface area contributed by atoms with Gasteiger partial charge < -0.3 is 15.7 Å². The van der Waals surface area contributed by atoms with Crippen LogP contribution < -0.4 is 5.73 Å². The molecule has 1 atom stereocenters. The number of aliphatic hydroxyl groups excluding tert-OH is 1. The zero-order chi connectivity index (χ0) is 12.1. The van der Waals surface area contributed by atoms with Crippen LogP contribution in [0.1, 0.15) is 37.4 Å². The summed E-state index contributed by atoms with van der Waals surface area (Å²) < 4.78 is 0. The molecule has 1 saturated heterocycles. The number of hydrogen-bond acceptors (Lipinski definition) is 3. The molecule has 1 aromatic carbocycles. The summed E-state index contributed by atoms with van der Waals surface area (Å²) in [6.45, 7) is 2.97. The van der Waals surface area contributed by atoms with E-state index in [9.17, 15) is 5.11 Å². The van der Waals surface area contributed by atoms with Crippen molar-refractivity contribution in [1.29, 1.82) is 0 Å². The van der Waals surface area contributed by atoms with Gasteiger partial charge in [-0.15, -0.1) is 0 Å². The first-order valence-corrected chi connectivity index (χ1v) is 6.51. The fraction of sp³-hybridized carbons (Fsp3) is 0.571. The number of nitrogens with zero attached hydrogens (tertiary/aromatic N) is 1. The Bertz CT molecular complexity index is 329. The summed E-state index contributed by atoms with van der Waals surface area (Å²) in [6.07, 6.45) is 4.78. The van der Waals surface area contributed by atoms with E-state index in [1.807, 2.05) is 24.3 Å². The van der Waals surface area contributed by atoms with Gasteiger partial charge in [0.15, 0.2) is 0 Å². The zero-order valence-corrected chi connectivity index (χ0v) is 10.3. The van der Waals surface area contributed by atoms with Crippen molar-refractivity contribution in [2.75, 3.05) is 25.4 Å². The first-order valence-electron chi connectivity index (χ1n) is 6.51. The maximum Gasteiger partial charge on any atom is 0.0916 e. The standard InChI is InChI=1S/C14H22N2O/c15-13-7-5-12(6-8-13)14(17)11-16-9-3-1-2-4-10-16/h5-8,14,17H,1-4,9-11,15H2/t14-/m0/s1. The number of β-amino-alcohol motifs (C(OH)–C–C–N with tert-alkyl or cyclic N) is 1. The van der Waals surface area contributed by atoms with E-state index in [4.69, 9.17) is 5.73 Å². The Morgan fingerprint density at radius 2 is 1.65 bits per heavy atom. The fourth-order valence-electron chi connectivity index (χ4n) is 2.39. The lowest BCUT2D eigenvalue weighted by atomic mass is 10.1. The maximum absolute atomic E-state index is 10.2. The van der Waals surface area contributed by atoms with Crippen LogP contribution in [0.3, 0.4) is 0 Å². The van der Waals surface area contributed by atoms with Crippen molar-refractivity contribution >= 4 is 5.69 Å². The molecule has 0 unspecified atom stereocenters. The first kappa shape index (κ1) is 12.4. The van der Waals surface area contributed by atoms with Gasteiger partial charge in [-0.25, -0.2) is 0 Å². The van der Waals surface area contributed by atoms with E-state index in [0.717, 1.165) is 30.9 Å². The smallest absolute Gasteiger partial charge is 0.0916 e. The molecule has 1 aromatic rings. The highest BCUT2D eigenvalue weighted by Crippen LogP contribution is 2.18. The van der Waals surface area contributed by atoms with Crippen LogP contribution in [0.15, 0.2) is 24.3 Å². The number of likely N-dealkylation sites (tertiary alicyclic amines) is 1. The largest absolute Gasteiger partial charge is 0.399 e. The number of rotatable bonds is 3. The fourth-order valence-corrected chi connectivity index (χ4v) is 2.39. The molecule has 3 nitrogen and oxygen atoms in total. The van der Waals surface area contributed by atoms with Gasteiger partial charge in [0, 0.05) is 12.2 Å². The molecule has 17 heavy (non-hydrogen) atoms. The minimum atomic E-state index is -0.395. The van der Waals surface area contributed by atoms with Crippen LogP contribution in [-0.2, 0) is 0 Å². The molecule has 3 N–H and O–H groups in total. The molecule has 0 saturated carbocycles. The second-order valence-electron chi connectivity index (χ2n) is 4.90. The second kappa shape index (κ2) is 6.03. The van der Waals surface area contributed by atoms with E-state index in [-0.39, 0.29) is 0 Å². The van der Waals surface area contributed by atoms with E-state index < -0.39 is 6.10 Å². The second-order valence-corrected chi connectivity index (χ2v) is 4.90. The molecule has 1 heterocycles. The third-order valence-corrected chi connectivity index (χ3v) is 3.45. The number of anilines is 1. The third-order valence-electron chi connectivity index (χ3n) is 3.45. The number of nitrogens with two attached hydrogens (primary N) is 1. The van der Waals surface area contributed by atoms with Crippen molar-refractivity contribution in [1.82, 2.24) is 4.90 Å². The van der Waals surface area contributed by atoms with Crippen LogP contribution in [0.2, 0.25) is 0 Å². The van der Waals surface area contributed by atoms with Crippen LogP contribution in [0.25, 0.3) is 0 Å². The van der Waals surface area contributed by atoms with Crippen LogP contribution in [-0.4, -0.2) is 29.6 Å². The van der Waals surface area contributed by atoms with Gasteiger partial charge in [-0.3, -0.25) is 0 Å². The highest BCUT2D eigenvalue weighted by atomic mass is 16.3. The Hall–Kier alpha value is -1.06. The van der Waals surface area contributed by atoms with Gasteiger partial charge in [0.05, 0.1) is 6.10 Å². The molecule has 0 aliphatic carbocycles. The first-order chi connectivity index (χ1) is 8.25. The van der Waals surface area contributed by atoms with Crippen LogP contribution in [0.4, 0.5) is 5.69 Å². The number of hydrogen-bond donors (Lipinski definition) is 2. The van der Waals surface area contributed by atoms with Gasteiger partial charge in [-0.2, -0.15) is 0 Å². The average Bonchev–Trinajstić information content (AvgIpc) is 2.58. The Labute approximate surface area is 103 Å². The lowest BCUT2D eigenvalue weighted by molar-refractivity contribution is 0.115. The Kier molecular flexibility index (Phi) is 4.40. The summed E-state index contributed by atoms with van der Waals surface area (Å²) in [5.74, 6) is 0. The predicted octanol–water partition coefficient (Wildman–Crippen LogP) is 2.18. The van der Waals surface area contributed by atoms with Crippen LogP contribution in [0, 0.1) is 0 Å². The molecule has 1 fully saturated rings. The van der Waals surface area contributed by atoms with E-state index in [0.29, 0.717) is 0 Å². The van der Waals surface area contributed by atoms with E-state index in [1.54, 1.807) is 0 Å². The number of nitrogen functional groups attached to an aromatic ring is 1. The van der Waals surface area contributed by atoms with Crippen molar-refractivity contribution in [3.05, 3.63) is 29.8 Å². The topological polar surface area (TPSA) is 49.5 Å². The molecule has 3 heteroatoms. The SMILES string of the molecule is Nc1ccc([C@@H](O)CN2CCCCCC2)cc1. The molecule has 1 aliphatic heterocycles. The minimum absolute atomic E-state index is 0.395. The summed E-state index contributed by atoms with van der Waals surface area (Å²) in [5.41, 5.74) is 7.35. The summed E-state index contributed by atoms with van der Waals surface area (Å²) >= 11 is 0. The van der Waals surface area contributed by atoms with E-state index in [1.165, 1.54) is 25.7 Å². The molecular formula is C14H22N2O. The van der Waals surface area contributed by atoms with Crippen molar-refractivity contribution in [3.63, 3.8) is 0 Å². The molecule has 1 aliphatic rings. The Morgan fingerprint density at radius 1 is 1.06 bits per heavy atom. The number of benzene rings is 1. The van der Waals surface area contributed by atoms with Gasteiger partial charge in [0.2, 0.25) is 0 Å². The normalized spacial score (nSPS) is 19.8. The van der Waals surface area contributed by atoms with Gasteiger partial charge >= 0.3 is 0 Å². The summed E-state index contributed by atoms with van der Waals surface area (Å²) in [7, 11) is 0. The molecular weight excluding hydrogens is 212 g/mol. The molecule has 0 aromatic heterocycles. The lowest BCUT2D eigenvalue weighted by Crippen LogP contribution is -2.29. The van der Waals surface area contributed by atoms with Crippen molar-refractivity contribution in [3.8, 4) is 0 Å². The van der Waals surface area contributed by atoms with Gasteiger partial charge in [-0.05, 0) is 43.6 Å². The molecule has 0 amide bonds. The average molecular weight is 234 g/mol. The predicted molar refractivity (Wildman–Crippen MR) is 70.7 cm³/mol. The lowest BCUT2D eigenvalue weighted by Gasteiger charge is -2.23. The monoisotopic (exact) mass is 234 g/mol. The van der Waals surface area contributed by atoms with Crippen molar-refractivity contribution < 1.29 is 5.11 Å². The van der Waals surface area contributed by atoms with E-state index >= 15 is 0 Å². The van der Waals surface area contributed by atoms with E-state index in [2.05, 4.69) is 4.90 Å². The Balaban J connectivity index is 1.91. The summed E-state index contributed by atoms with van der Waals surface area (Å²) in [5, 5.41) is 10.2. The molecule has 0 bridgehead atoms. The van der Waals surface area contributed by atoms with Gasteiger partial charge in [0.25, 0.3) is 0 Å². The molecule has 94 valence electrons. The summed E-state index contributed by atoms with van der Waals surface area (Å²) in [4.78, 5) is 2.37. The zero-order valence-electron chi connectivity index (χ0n) is 10.3. The summed E-state index contributed by atoms with van der Waals surface area (Å²) in [6, 6.07) is 7.53. The maximum atomic E-state index is 10.2. The number of aliphatic hydroxyl groups is 1. The molecule has 0 spiro atoms. The van der Waals surface area contributed by atoms with Gasteiger partial charge in [-0.1, -0.05) is 25.0 Å². The van der Waals surface area contributed by atoms with Gasteiger partial charge in [0.1, 0.15) is 0 Å². The third kappa shape index (κ3) is 3.72. The molecule has 0 radical (unpaired) electrons. The van der Waals surface area contributed by atoms with Crippen molar-refractivity contribution in [2.45, 2.75) is 31.8 Å². The van der Waals surface area contributed by atoms with Crippen molar-refractivity contribution in [2.24, 2.45) is 0 Å². The highest BCUT2D eigenvalue weighted by Gasteiger charge is 2.14. The molecule has 2 rings (SSSR count). The van der Waals surface area contributed by atoms with Crippen LogP contribution >= 0.6 is 0 Å².